The molecular weight excluding hydrogens is 268 g/mol. The monoisotopic (exact) mass is 282 g/mol. The van der Waals surface area contributed by atoms with Gasteiger partial charge in [0.1, 0.15) is 12.1 Å². The van der Waals surface area contributed by atoms with Gasteiger partial charge in [-0.3, -0.25) is 4.79 Å². The van der Waals surface area contributed by atoms with E-state index in [0.717, 1.165) is 28.4 Å². The lowest BCUT2D eigenvalue weighted by Gasteiger charge is -2.05. The number of nitrogen functional groups attached to an aromatic ring is 1. The highest BCUT2D eigenvalue weighted by Gasteiger charge is 2.08. The van der Waals surface area contributed by atoms with Gasteiger partial charge in [-0.25, -0.2) is 9.97 Å². The molecule has 0 radical (unpaired) electrons. The molecule has 3 N–H and O–H groups in total. The van der Waals surface area contributed by atoms with Crippen molar-refractivity contribution in [1.82, 2.24) is 14.5 Å². The molecule has 0 atom stereocenters. The van der Waals surface area contributed by atoms with Crippen molar-refractivity contribution in [2.45, 2.75) is 6.42 Å². The van der Waals surface area contributed by atoms with Crippen molar-refractivity contribution in [3.63, 3.8) is 0 Å². The van der Waals surface area contributed by atoms with Gasteiger partial charge in [-0.1, -0.05) is 0 Å². The van der Waals surface area contributed by atoms with Gasteiger partial charge in [-0.2, -0.15) is 0 Å². The molecule has 0 bridgehead atoms. The molecule has 1 aromatic carbocycles. The second-order valence-electron chi connectivity index (χ2n) is 4.70. The van der Waals surface area contributed by atoms with E-state index in [1.54, 1.807) is 6.20 Å². The second kappa shape index (κ2) is 5.34. The summed E-state index contributed by atoms with van der Waals surface area (Å²) in [5.41, 5.74) is 8.87. The molecule has 6 heteroatoms. The number of nitrogens with zero attached hydrogens (tertiary/aromatic N) is 3. The number of aliphatic hydroxyl groups is 1. The highest BCUT2D eigenvalue weighted by molar-refractivity contribution is 5.89. The van der Waals surface area contributed by atoms with E-state index < -0.39 is 0 Å². The summed E-state index contributed by atoms with van der Waals surface area (Å²) in [6, 6.07) is 5.63. The van der Waals surface area contributed by atoms with Gasteiger partial charge in [0.25, 0.3) is 0 Å². The number of aldehydes is 1. The van der Waals surface area contributed by atoms with Crippen LogP contribution in [0.15, 0.2) is 36.9 Å². The number of carbonyl (C=O) groups is 1. The van der Waals surface area contributed by atoms with Gasteiger partial charge in [0.15, 0.2) is 6.29 Å². The van der Waals surface area contributed by atoms with E-state index in [1.165, 1.54) is 6.33 Å². The molecule has 106 valence electrons. The van der Waals surface area contributed by atoms with Crippen molar-refractivity contribution >= 4 is 23.0 Å². The Morgan fingerprint density at radius 1 is 1.29 bits per heavy atom. The van der Waals surface area contributed by atoms with Crippen molar-refractivity contribution in [1.29, 1.82) is 0 Å². The summed E-state index contributed by atoms with van der Waals surface area (Å²) in [7, 11) is 0. The zero-order chi connectivity index (χ0) is 14.8. The van der Waals surface area contributed by atoms with Gasteiger partial charge >= 0.3 is 0 Å². The van der Waals surface area contributed by atoms with Crippen LogP contribution in [0.25, 0.3) is 16.6 Å². The summed E-state index contributed by atoms with van der Waals surface area (Å²) in [6.07, 6.45) is 6.23. The zero-order valence-electron chi connectivity index (χ0n) is 11.2. The third kappa shape index (κ3) is 2.36. The Morgan fingerprint density at radius 3 is 2.90 bits per heavy atom. The fourth-order valence-corrected chi connectivity index (χ4v) is 2.32. The molecule has 0 amide bonds. The summed E-state index contributed by atoms with van der Waals surface area (Å²) in [5.74, 6) is 0.417. The molecule has 2 aromatic heterocycles. The van der Waals surface area contributed by atoms with Crippen LogP contribution in [0, 0.1) is 0 Å². The summed E-state index contributed by atoms with van der Waals surface area (Å²) in [4.78, 5) is 19.2. The lowest BCUT2D eigenvalue weighted by Crippen LogP contribution is -1.96. The van der Waals surface area contributed by atoms with Crippen LogP contribution in [0.3, 0.4) is 0 Å². The van der Waals surface area contributed by atoms with E-state index in [0.29, 0.717) is 17.8 Å². The number of fused-ring (bicyclic) bond motifs is 1. The van der Waals surface area contributed by atoms with Crippen LogP contribution in [0.5, 0.6) is 0 Å². The van der Waals surface area contributed by atoms with Crippen LogP contribution in [0.4, 0.5) is 5.82 Å². The van der Waals surface area contributed by atoms with E-state index in [2.05, 4.69) is 9.97 Å². The molecule has 3 rings (SSSR count). The lowest BCUT2D eigenvalue weighted by atomic mass is 10.2. The highest BCUT2D eigenvalue weighted by atomic mass is 16.3. The van der Waals surface area contributed by atoms with Crippen LogP contribution < -0.4 is 5.73 Å². The molecule has 0 unspecified atom stereocenters. The number of carbonyl (C=O) groups excluding carboxylic acids is 1. The Hall–Kier alpha value is -2.73. The Labute approximate surface area is 120 Å². The molecular formula is C15H14N4O2. The number of aromatic nitrogens is 3. The maximum atomic E-state index is 11.1. The zero-order valence-corrected chi connectivity index (χ0v) is 11.2. The van der Waals surface area contributed by atoms with Crippen LogP contribution in [-0.4, -0.2) is 32.5 Å². The highest BCUT2D eigenvalue weighted by Crippen LogP contribution is 2.22. The van der Waals surface area contributed by atoms with E-state index in [1.807, 2.05) is 29.0 Å². The fourth-order valence-electron chi connectivity index (χ4n) is 2.32. The third-order valence-electron chi connectivity index (χ3n) is 3.40. The van der Waals surface area contributed by atoms with Crippen molar-refractivity contribution in [2.75, 3.05) is 12.3 Å². The fraction of sp³-hybridized carbons (Fsp3) is 0.133. The minimum atomic E-state index is 0.00334. The molecule has 3 aromatic rings. The first-order chi connectivity index (χ1) is 10.2. The summed E-state index contributed by atoms with van der Waals surface area (Å²) >= 11 is 0. The first kappa shape index (κ1) is 13.3. The number of hydrogen-bond donors (Lipinski definition) is 2. The predicted octanol–water partition coefficient (Wildman–Crippen LogP) is 1.35. The summed E-state index contributed by atoms with van der Waals surface area (Å²) in [5, 5.41) is 9.80. The SMILES string of the molecule is Nc1ncnc2ccc(-n3cc(C=O)c(CCO)c3)cc12. The minimum Gasteiger partial charge on any atom is -0.396 e. The lowest BCUT2D eigenvalue weighted by molar-refractivity contribution is 0.112. The number of rotatable bonds is 4. The number of aliphatic hydroxyl groups excluding tert-OH is 1. The standard InChI is InChI=1S/C15H14N4O2/c16-15-13-5-12(1-2-14(13)17-9-18-15)19-6-10(3-4-20)11(7-19)8-21/h1-2,5-9,20H,3-4H2,(H2,16,17,18). The quantitative estimate of drug-likeness (QED) is 0.704. The van der Waals surface area contributed by atoms with E-state index >= 15 is 0 Å². The van der Waals surface area contributed by atoms with Gasteiger partial charge in [-0.05, 0) is 30.2 Å². The maximum absolute atomic E-state index is 11.1. The van der Waals surface area contributed by atoms with Crippen LogP contribution in [-0.2, 0) is 6.42 Å². The van der Waals surface area contributed by atoms with Crippen molar-refractivity contribution < 1.29 is 9.90 Å². The Morgan fingerprint density at radius 2 is 2.14 bits per heavy atom. The van der Waals surface area contributed by atoms with Gasteiger partial charge in [0, 0.05) is 35.6 Å². The number of anilines is 1. The first-order valence-corrected chi connectivity index (χ1v) is 6.50. The third-order valence-corrected chi connectivity index (χ3v) is 3.40. The maximum Gasteiger partial charge on any atom is 0.151 e. The van der Waals surface area contributed by atoms with Crippen molar-refractivity contribution in [3.05, 3.63) is 48.0 Å². The number of nitrogens with two attached hydrogens (primary N) is 1. The Bertz CT molecular complexity index is 811. The van der Waals surface area contributed by atoms with Gasteiger partial charge in [-0.15, -0.1) is 0 Å². The first-order valence-electron chi connectivity index (χ1n) is 6.50. The molecule has 2 heterocycles. The van der Waals surface area contributed by atoms with E-state index in [-0.39, 0.29) is 6.61 Å². The number of hydrogen-bond acceptors (Lipinski definition) is 5. The molecule has 21 heavy (non-hydrogen) atoms. The van der Waals surface area contributed by atoms with Gasteiger partial charge in [0.2, 0.25) is 0 Å². The molecule has 0 fully saturated rings. The summed E-state index contributed by atoms with van der Waals surface area (Å²) in [6.45, 7) is 0.00334. The Balaban J connectivity index is 2.11. The van der Waals surface area contributed by atoms with Gasteiger partial charge < -0.3 is 15.4 Å². The second-order valence-corrected chi connectivity index (χ2v) is 4.70. The van der Waals surface area contributed by atoms with E-state index in [4.69, 9.17) is 10.8 Å². The van der Waals surface area contributed by atoms with Gasteiger partial charge in [0.05, 0.1) is 5.52 Å². The summed E-state index contributed by atoms with van der Waals surface area (Å²) < 4.78 is 1.83. The predicted molar refractivity (Wildman–Crippen MR) is 79.5 cm³/mol. The molecule has 0 aliphatic rings. The average Bonchev–Trinajstić information content (AvgIpc) is 2.91. The van der Waals surface area contributed by atoms with Crippen molar-refractivity contribution in [3.8, 4) is 5.69 Å². The molecule has 0 aliphatic heterocycles. The molecule has 0 saturated carbocycles. The molecule has 0 saturated heterocycles. The van der Waals surface area contributed by atoms with Crippen LogP contribution >= 0.6 is 0 Å². The van der Waals surface area contributed by atoms with E-state index in [9.17, 15) is 4.79 Å². The normalized spacial score (nSPS) is 10.9. The molecule has 0 spiro atoms. The van der Waals surface area contributed by atoms with Crippen LogP contribution in [0.2, 0.25) is 0 Å². The van der Waals surface area contributed by atoms with Crippen LogP contribution in [0.1, 0.15) is 15.9 Å². The minimum absolute atomic E-state index is 0.00334. The molecule has 6 nitrogen and oxygen atoms in total. The number of benzene rings is 1. The largest absolute Gasteiger partial charge is 0.396 e. The average molecular weight is 282 g/mol. The topological polar surface area (TPSA) is 94.0 Å². The smallest absolute Gasteiger partial charge is 0.151 e. The van der Waals surface area contributed by atoms with Crippen molar-refractivity contribution in [2.24, 2.45) is 0 Å². The Kier molecular flexibility index (Phi) is 3.37. The molecule has 0 aliphatic carbocycles.